The Morgan fingerprint density at radius 3 is 2.38 bits per heavy atom. The molecular weight excluding hydrogens is 428 g/mol. The molecule has 2 heterocycles. The summed E-state index contributed by atoms with van der Waals surface area (Å²) in [7, 11) is -3.63. The number of carbonyl (C=O) groups excluding carboxylic acids is 1. The zero-order valence-corrected chi connectivity index (χ0v) is 19.4. The predicted octanol–water partition coefficient (Wildman–Crippen LogP) is 3.82. The van der Waals surface area contributed by atoms with Crippen LogP contribution in [0.1, 0.15) is 60.1 Å². The van der Waals surface area contributed by atoms with E-state index in [2.05, 4.69) is 5.32 Å². The fraction of sp³-hybridized carbons (Fsp3) is 0.458. The molecule has 32 heavy (non-hydrogen) atoms. The van der Waals surface area contributed by atoms with Crippen LogP contribution in [-0.4, -0.2) is 44.9 Å². The number of nitrogens with zero attached hydrogens (tertiary/aromatic N) is 1. The summed E-state index contributed by atoms with van der Waals surface area (Å²) in [4.78, 5) is 13.2. The van der Waals surface area contributed by atoms with Gasteiger partial charge in [-0.3, -0.25) is 4.79 Å². The molecule has 8 heteroatoms. The van der Waals surface area contributed by atoms with Crippen LogP contribution in [-0.2, 0) is 10.0 Å². The van der Waals surface area contributed by atoms with E-state index in [0.29, 0.717) is 43.4 Å². The Labute approximate surface area is 189 Å². The molecule has 0 aliphatic carbocycles. The Hall–Kier alpha value is -2.58. The molecule has 0 bridgehead atoms. The Kier molecular flexibility index (Phi) is 6.71. The minimum Gasteiger partial charge on any atom is -0.486 e. The van der Waals surface area contributed by atoms with Crippen LogP contribution in [0.5, 0.6) is 11.5 Å². The first-order valence-electron chi connectivity index (χ1n) is 11.2. The SMILES string of the molecule is Cc1ccc(S(=O)(=O)N2CCCCCC2)cc1C(=O)N[C@H](C)c1ccc2c(c1)OCCO2. The van der Waals surface area contributed by atoms with Gasteiger partial charge in [0.1, 0.15) is 13.2 Å². The molecule has 0 spiro atoms. The lowest BCUT2D eigenvalue weighted by Gasteiger charge is -2.22. The molecule has 0 radical (unpaired) electrons. The lowest BCUT2D eigenvalue weighted by molar-refractivity contribution is 0.0939. The molecule has 2 aliphatic rings. The minimum atomic E-state index is -3.63. The number of nitrogens with one attached hydrogen (secondary N) is 1. The first-order valence-corrected chi connectivity index (χ1v) is 12.6. The topological polar surface area (TPSA) is 84.9 Å². The van der Waals surface area contributed by atoms with E-state index in [1.165, 1.54) is 6.07 Å². The summed E-state index contributed by atoms with van der Waals surface area (Å²) in [5, 5.41) is 2.98. The van der Waals surface area contributed by atoms with Crippen molar-refractivity contribution in [3.05, 3.63) is 53.1 Å². The third kappa shape index (κ3) is 4.76. The average Bonchev–Trinajstić information content (AvgIpc) is 3.09. The molecule has 1 amide bonds. The molecule has 2 aromatic rings. The molecule has 1 N–H and O–H groups in total. The number of carbonyl (C=O) groups is 1. The summed E-state index contributed by atoms with van der Waals surface area (Å²) < 4.78 is 39.1. The highest BCUT2D eigenvalue weighted by Crippen LogP contribution is 2.32. The summed E-state index contributed by atoms with van der Waals surface area (Å²) in [5.41, 5.74) is 1.98. The first-order chi connectivity index (χ1) is 15.4. The number of amides is 1. The van der Waals surface area contributed by atoms with Crippen molar-refractivity contribution < 1.29 is 22.7 Å². The first kappa shape index (κ1) is 22.6. The summed E-state index contributed by atoms with van der Waals surface area (Å²) >= 11 is 0. The fourth-order valence-corrected chi connectivity index (χ4v) is 5.67. The van der Waals surface area contributed by atoms with Crippen molar-refractivity contribution >= 4 is 15.9 Å². The Balaban J connectivity index is 1.53. The van der Waals surface area contributed by atoms with Crippen molar-refractivity contribution in [3.8, 4) is 11.5 Å². The average molecular weight is 459 g/mol. The fourth-order valence-electron chi connectivity index (χ4n) is 4.12. The maximum Gasteiger partial charge on any atom is 0.252 e. The number of ether oxygens (including phenoxy) is 2. The van der Waals surface area contributed by atoms with Crippen molar-refractivity contribution in [1.29, 1.82) is 0 Å². The Morgan fingerprint density at radius 1 is 0.969 bits per heavy atom. The van der Waals surface area contributed by atoms with Gasteiger partial charge in [-0.05, 0) is 62.1 Å². The number of aryl methyl sites for hydroxylation is 1. The van der Waals surface area contributed by atoms with Crippen LogP contribution in [0.3, 0.4) is 0 Å². The van der Waals surface area contributed by atoms with Crippen molar-refractivity contribution in [1.82, 2.24) is 9.62 Å². The summed E-state index contributed by atoms with van der Waals surface area (Å²) in [6.45, 7) is 5.77. The third-order valence-electron chi connectivity index (χ3n) is 6.07. The van der Waals surface area contributed by atoms with E-state index < -0.39 is 10.0 Å². The highest BCUT2D eigenvalue weighted by atomic mass is 32.2. The van der Waals surface area contributed by atoms with E-state index in [1.807, 2.05) is 32.0 Å². The quantitative estimate of drug-likeness (QED) is 0.736. The van der Waals surface area contributed by atoms with Crippen molar-refractivity contribution in [2.75, 3.05) is 26.3 Å². The van der Waals surface area contributed by atoms with E-state index in [1.54, 1.807) is 16.4 Å². The Bertz CT molecular complexity index is 1090. The second-order valence-corrected chi connectivity index (χ2v) is 10.3. The van der Waals surface area contributed by atoms with Gasteiger partial charge in [-0.2, -0.15) is 4.31 Å². The third-order valence-corrected chi connectivity index (χ3v) is 7.96. The van der Waals surface area contributed by atoms with Gasteiger partial charge in [0.05, 0.1) is 10.9 Å². The van der Waals surface area contributed by atoms with Crippen LogP contribution in [0.15, 0.2) is 41.3 Å². The van der Waals surface area contributed by atoms with Gasteiger partial charge < -0.3 is 14.8 Å². The van der Waals surface area contributed by atoms with E-state index in [-0.39, 0.29) is 16.8 Å². The van der Waals surface area contributed by atoms with Crippen LogP contribution >= 0.6 is 0 Å². The molecule has 172 valence electrons. The van der Waals surface area contributed by atoms with Crippen molar-refractivity contribution in [3.63, 3.8) is 0 Å². The predicted molar refractivity (Wildman–Crippen MR) is 122 cm³/mol. The maximum atomic E-state index is 13.2. The molecule has 1 atom stereocenters. The van der Waals surface area contributed by atoms with Gasteiger partial charge in [-0.15, -0.1) is 0 Å². The molecule has 2 aliphatic heterocycles. The van der Waals surface area contributed by atoms with Gasteiger partial charge in [0.15, 0.2) is 11.5 Å². The Morgan fingerprint density at radius 2 is 1.66 bits per heavy atom. The molecular formula is C24H30N2O5S. The summed E-state index contributed by atoms with van der Waals surface area (Å²) in [6, 6.07) is 10.1. The monoisotopic (exact) mass is 458 g/mol. The summed E-state index contributed by atoms with van der Waals surface area (Å²) in [6.07, 6.45) is 3.83. The maximum absolute atomic E-state index is 13.2. The lowest BCUT2D eigenvalue weighted by atomic mass is 10.0. The largest absolute Gasteiger partial charge is 0.486 e. The molecule has 0 unspecified atom stereocenters. The lowest BCUT2D eigenvalue weighted by Crippen LogP contribution is -2.32. The smallest absolute Gasteiger partial charge is 0.252 e. The number of sulfonamides is 1. The van der Waals surface area contributed by atoms with Crippen LogP contribution < -0.4 is 14.8 Å². The van der Waals surface area contributed by atoms with E-state index >= 15 is 0 Å². The molecule has 1 fully saturated rings. The highest BCUT2D eigenvalue weighted by molar-refractivity contribution is 7.89. The van der Waals surface area contributed by atoms with Crippen molar-refractivity contribution in [2.24, 2.45) is 0 Å². The molecule has 4 rings (SSSR count). The zero-order chi connectivity index (χ0) is 22.7. The normalized spacial score (nSPS) is 17.9. The number of hydrogen-bond acceptors (Lipinski definition) is 5. The van der Waals surface area contributed by atoms with E-state index in [0.717, 1.165) is 36.8 Å². The zero-order valence-electron chi connectivity index (χ0n) is 18.6. The molecule has 2 aromatic carbocycles. The molecule has 0 aromatic heterocycles. The van der Waals surface area contributed by atoms with E-state index in [4.69, 9.17) is 9.47 Å². The van der Waals surface area contributed by atoms with Gasteiger partial charge in [-0.1, -0.05) is 25.0 Å². The number of benzene rings is 2. The summed E-state index contributed by atoms with van der Waals surface area (Å²) in [5.74, 6) is 1.05. The minimum absolute atomic E-state index is 0.169. The van der Waals surface area contributed by atoms with Crippen LogP contribution in [0.4, 0.5) is 0 Å². The number of hydrogen-bond donors (Lipinski definition) is 1. The second-order valence-electron chi connectivity index (χ2n) is 8.39. The standard InChI is InChI=1S/C24H30N2O5S/c1-17-7-9-20(32(28,29)26-11-5-3-4-6-12-26)16-21(17)24(27)25-18(2)19-8-10-22-23(15-19)31-14-13-30-22/h7-10,15-16,18H,3-6,11-14H2,1-2H3,(H,25,27)/t18-/m1/s1. The van der Waals surface area contributed by atoms with Crippen LogP contribution in [0.2, 0.25) is 0 Å². The van der Waals surface area contributed by atoms with Crippen LogP contribution in [0.25, 0.3) is 0 Å². The number of rotatable bonds is 5. The molecule has 1 saturated heterocycles. The van der Waals surface area contributed by atoms with Gasteiger partial charge >= 0.3 is 0 Å². The molecule has 7 nitrogen and oxygen atoms in total. The van der Waals surface area contributed by atoms with Gasteiger partial charge in [0.2, 0.25) is 10.0 Å². The second kappa shape index (κ2) is 9.50. The van der Waals surface area contributed by atoms with Crippen LogP contribution in [0, 0.1) is 6.92 Å². The van der Waals surface area contributed by atoms with Gasteiger partial charge in [0, 0.05) is 18.7 Å². The van der Waals surface area contributed by atoms with E-state index in [9.17, 15) is 13.2 Å². The molecule has 0 saturated carbocycles. The van der Waals surface area contributed by atoms with Crippen molar-refractivity contribution in [2.45, 2.75) is 50.5 Å². The van der Waals surface area contributed by atoms with Gasteiger partial charge in [-0.25, -0.2) is 8.42 Å². The number of fused-ring (bicyclic) bond motifs is 1. The highest BCUT2D eigenvalue weighted by Gasteiger charge is 2.27. The van der Waals surface area contributed by atoms with Gasteiger partial charge in [0.25, 0.3) is 5.91 Å².